The second-order valence-corrected chi connectivity index (χ2v) is 4.98. The molecule has 0 aliphatic rings. The van der Waals surface area contributed by atoms with Crippen molar-refractivity contribution < 1.29 is 19.4 Å². The van der Waals surface area contributed by atoms with Crippen LogP contribution in [-0.2, 0) is 17.8 Å². The van der Waals surface area contributed by atoms with Crippen LogP contribution in [0.5, 0.6) is 5.75 Å². The van der Waals surface area contributed by atoms with Gasteiger partial charge in [-0.25, -0.2) is 9.48 Å². The van der Waals surface area contributed by atoms with Gasteiger partial charge in [0.25, 0.3) is 0 Å². The van der Waals surface area contributed by atoms with Crippen LogP contribution in [-0.4, -0.2) is 57.6 Å². The van der Waals surface area contributed by atoms with Crippen LogP contribution in [0.2, 0.25) is 0 Å². The van der Waals surface area contributed by atoms with E-state index in [2.05, 4.69) is 10.3 Å². The molecule has 1 aromatic carbocycles. The second kappa shape index (κ2) is 7.39. The quantitative estimate of drug-likeness (QED) is 0.806. The van der Waals surface area contributed by atoms with Crippen molar-refractivity contribution in [3.8, 4) is 5.75 Å². The van der Waals surface area contributed by atoms with Crippen LogP contribution >= 0.6 is 0 Å². The van der Waals surface area contributed by atoms with E-state index in [0.29, 0.717) is 13.0 Å². The third-order valence-corrected chi connectivity index (χ3v) is 3.39. The van der Waals surface area contributed by atoms with Crippen molar-refractivity contribution in [2.24, 2.45) is 0 Å². The number of amides is 1. The van der Waals surface area contributed by atoms with Crippen LogP contribution in [0.1, 0.15) is 16.1 Å². The third-order valence-electron chi connectivity index (χ3n) is 3.39. The summed E-state index contributed by atoms with van der Waals surface area (Å²) in [5, 5.41) is 15.9. The predicted molar refractivity (Wildman–Crippen MR) is 81.3 cm³/mol. The summed E-state index contributed by atoms with van der Waals surface area (Å²) in [5.74, 6) is -0.564. The lowest BCUT2D eigenvalue weighted by molar-refractivity contribution is -0.130. The maximum absolute atomic E-state index is 12.1. The second-order valence-electron chi connectivity index (χ2n) is 4.98. The maximum Gasteiger partial charge on any atom is 0.358 e. The fourth-order valence-corrected chi connectivity index (χ4v) is 2.06. The fourth-order valence-electron chi connectivity index (χ4n) is 2.06. The highest BCUT2D eigenvalue weighted by atomic mass is 16.5. The number of aromatic carboxylic acids is 1. The number of para-hydroxylation sites is 1. The van der Waals surface area contributed by atoms with E-state index < -0.39 is 5.97 Å². The Balaban J connectivity index is 1.90. The minimum absolute atomic E-state index is 0.0529. The Morgan fingerprint density at radius 3 is 2.74 bits per heavy atom. The molecule has 0 fully saturated rings. The van der Waals surface area contributed by atoms with Crippen LogP contribution in [0, 0.1) is 0 Å². The van der Waals surface area contributed by atoms with Gasteiger partial charge in [0.2, 0.25) is 5.91 Å². The molecule has 0 saturated heterocycles. The van der Waals surface area contributed by atoms with Crippen molar-refractivity contribution in [2.75, 3.05) is 20.7 Å². The number of hydrogen-bond donors (Lipinski definition) is 1. The third kappa shape index (κ3) is 4.29. The van der Waals surface area contributed by atoms with E-state index in [1.54, 1.807) is 19.1 Å². The Hall–Kier alpha value is -2.90. The molecule has 1 amide bonds. The topological polar surface area (TPSA) is 97.5 Å². The lowest BCUT2D eigenvalue weighted by atomic mass is 10.1. The number of carbonyl (C=O) groups excluding carboxylic acids is 1. The highest BCUT2D eigenvalue weighted by molar-refractivity contribution is 5.84. The maximum atomic E-state index is 12.1. The fraction of sp³-hybridized carbons (Fsp3) is 0.333. The van der Waals surface area contributed by atoms with Crippen molar-refractivity contribution in [2.45, 2.75) is 13.0 Å². The van der Waals surface area contributed by atoms with Gasteiger partial charge in [0.1, 0.15) is 12.3 Å². The zero-order valence-electron chi connectivity index (χ0n) is 13.0. The molecule has 0 atom stereocenters. The molecule has 1 heterocycles. The number of likely N-dealkylation sites (N-methyl/N-ethyl adjacent to an activating group) is 1. The molecule has 1 aromatic heterocycles. The van der Waals surface area contributed by atoms with Gasteiger partial charge in [-0.15, -0.1) is 5.10 Å². The van der Waals surface area contributed by atoms with Gasteiger partial charge in [-0.1, -0.05) is 23.4 Å². The minimum atomic E-state index is -1.17. The van der Waals surface area contributed by atoms with Crippen molar-refractivity contribution in [3.63, 3.8) is 0 Å². The summed E-state index contributed by atoms with van der Waals surface area (Å²) in [6, 6.07) is 7.64. The Bertz CT molecular complexity index is 698. The first-order chi connectivity index (χ1) is 11.0. The molecular formula is C15H18N4O4. The number of carboxylic acids is 1. The molecule has 8 heteroatoms. The number of carbonyl (C=O) groups is 2. The Morgan fingerprint density at radius 2 is 2.09 bits per heavy atom. The number of benzene rings is 1. The lowest BCUT2D eigenvalue weighted by Gasteiger charge is -2.17. The smallest absolute Gasteiger partial charge is 0.358 e. The molecule has 0 saturated carbocycles. The average molecular weight is 318 g/mol. The number of nitrogens with zero attached hydrogens (tertiary/aromatic N) is 4. The van der Waals surface area contributed by atoms with Gasteiger partial charge in [-0.05, 0) is 18.1 Å². The molecule has 23 heavy (non-hydrogen) atoms. The monoisotopic (exact) mass is 318 g/mol. The largest absolute Gasteiger partial charge is 0.496 e. The van der Waals surface area contributed by atoms with E-state index in [-0.39, 0.29) is 18.1 Å². The van der Waals surface area contributed by atoms with Crippen LogP contribution in [0.3, 0.4) is 0 Å². The average Bonchev–Trinajstić information content (AvgIpc) is 3.01. The zero-order chi connectivity index (χ0) is 16.8. The van der Waals surface area contributed by atoms with Gasteiger partial charge in [0.05, 0.1) is 13.3 Å². The number of rotatable bonds is 7. The van der Waals surface area contributed by atoms with Crippen LogP contribution in [0.15, 0.2) is 30.5 Å². The summed E-state index contributed by atoms with van der Waals surface area (Å²) in [4.78, 5) is 24.4. The van der Waals surface area contributed by atoms with E-state index in [4.69, 9.17) is 9.84 Å². The van der Waals surface area contributed by atoms with Gasteiger partial charge in [0.15, 0.2) is 5.69 Å². The van der Waals surface area contributed by atoms with Gasteiger partial charge < -0.3 is 14.7 Å². The van der Waals surface area contributed by atoms with Crippen molar-refractivity contribution in [3.05, 3.63) is 41.7 Å². The standard InChI is InChI=1S/C15H18N4O4/c1-18(8-7-11-5-3-4-6-13(11)23-2)14(20)10-19-9-12(15(21)22)16-17-19/h3-6,9H,7-8,10H2,1-2H3,(H,21,22). The van der Waals surface area contributed by atoms with E-state index >= 15 is 0 Å². The van der Waals surface area contributed by atoms with Gasteiger partial charge in [-0.3, -0.25) is 4.79 Å². The molecule has 8 nitrogen and oxygen atoms in total. The number of ether oxygens (including phenoxy) is 1. The van der Waals surface area contributed by atoms with Crippen molar-refractivity contribution in [1.82, 2.24) is 19.9 Å². The first-order valence-electron chi connectivity index (χ1n) is 7.00. The number of carboxylic acid groups (broad SMARTS) is 1. The molecule has 122 valence electrons. The van der Waals surface area contributed by atoms with Gasteiger partial charge in [-0.2, -0.15) is 0 Å². The van der Waals surface area contributed by atoms with Gasteiger partial charge >= 0.3 is 5.97 Å². The van der Waals surface area contributed by atoms with E-state index in [9.17, 15) is 9.59 Å². The molecular weight excluding hydrogens is 300 g/mol. The molecule has 1 N–H and O–H groups in total. The molecule has 0 aliphatic heterocycles. The number of hydrogen-bond acceptors (Lipinski definition) is 5. The molecule has 0 aliphatic carbocycles. The summed E-state index contributed by atoms with van der Waals surface area (Å²) >= 11 is 0. The molecule has 0 radical (unpaired) electrons. The number of methoxy groups -OCH3 is 1. The molecule has 2 rings (SSSR count). The SMILES string of the molecule is COc1ccccc1CCN(C)C(=O)Cn1cc(C(=O)O)nn1. The summed E-state index contributed by atoms with van der Waals surface area (Å²) < 4.78 is 6.49. The highest BCUT2D eigenvalue weighted by Crippen LogP contribution is 2.17. The van der Waals surface area contributed by atoms with E-state index in [0.717, 1.165) is 11.3 Å². The molecule has 2 aromatic rings. The highest BCUT2D eigenvalue weighted by Gasteiger charge is 2.14. The van der Waals surface area contributed by atoms with Crippen LogP contribution in [0.4, 0.5) is 0 Å². The Morgan fingerprint density at radius 1 is 1.35 bits per heavy atom. The molecule has 0 unspecified atom stereocenters. The Kier molecular flexibility index (Phi) is 5.29. The van der Waals surface area contributed by atoms with Gasteiger partial charge in [0, 0.05) is 13.6 Å². The predicted octanol–water partition coefficient (Wildman–Crippen LogP) is 0.686. The van der Waals surface area contributed by atoms with E-state index in [1.807, 2.05) is 24.3 Å². The van der Waals surface area contributed by atoms with Crippen molar-refractivity contribution >= 4 is 11.9 Å². The van der Waals surface area contributed by atoms with E-state index in [1.165, 1.54) is 10.9 Å². The Labute approximate surface area is 133 Å². The summed E-state index contributed by atoms with van der Waals surface area (Å²) in [6.07, 6.45) is 1.89. The van der Waals surface area contributed by atoms with Crippen LogP contribution < -0.4 is 4.74 Å². The molecule has 0 bridgehead atoms. The summed E-state index contributed by atoms with van der Waals surface area (Å²) in [7, 11) is 3.30. The molecule has 0 spiro atoms. The van der Waals surface area contributed by atoms with Crippen molar-refractivity contribution in [1.29, 1.82) is 0 Å². The zero-order valence-corrected chi connectivity index (χ0v) is 13.0. The normalized spacial score (nSPS) is 10.3. The van der Waals surface area contributed by atoms with Crippen LogP contribution in [0.25, 0.3) is 0 Å². The minimum Gasteiger partial charge on any atom is -0.496 e. The first-order valence-corrected chi connectivity index (χ1v) is 7.00. The summed E-state index contributed by atoms with van der Waals surface area (Å²) in [6.45, 7) is 0.461. The summed E-state index contributed by atoms with van der Waals surface area (Å²) in [5.41, 5.74) is 0.832. The first kappa shape index (κ1) is 16.5. The number of aromatic nitrogens is 3. The lowest BCUT2D eigenvalue weighted by Crippen LogP contribution is -2.32.